The summed E-state index contributed by atoms with van der Waals surface area (Å²) < 4.78 is 4.41. The third-order valence-corrected chi connectivity index (χ3v) is 1.29. The van der Waals surface area contributed by atoms with Crippen molar-refractivity contribution in [2.75, 3.05) is 6.61 Å². The largest absolute Gasteiger partial charge is 0.450 e. The normalized spacial score (nSPS) is 15.1. The first-order chi connectivity index (χ1) is 4.98. The molecule has 0 radical (unpaired) electrons. The molecule has 0 fully saturated rings. The molecule has 4 heteroatoms. The summed E-state index contributed by atoms with van der Waals surface area (Å²) in [6.07, 6.45) is 0.862. The molecule has 4 nitrogen and oxygen atoms in total. The van der Waals surface area contributed by atoms with Crippen LogP contribution in [0.1, 0.15) is 13.3 Å². The molecule has 0 aliphatic rings. The molecule has 3 N–H and O–H groups in total. The minimum Gasteiger partial charge on any atom is -0.450 e. The standard InChI is InChI=1S/C7H13NO3/c1-3-7(2,10)4-5-11-6(8)9/h3,10H,1,4-5H2,2H3,(H2,8,9). The second-order valence-corrected chi connectivity index (χ2v) is 2.48. The van der Waals surface area contributed by atoms with E-state index in [1.54, 1.807) is 6.92 Å². The van der Waals surface area contributed by atoms with Crippen molar-refractivity contribution in [3.8, 4) is 0 Å². The molecule has 0 saturated carbocycles. The number of carbonyl (C=O) groups is 1. The lowest BCUT2D eigenvalue weighted by atomic mass is 10.0. The zero-order valence-corrected chi connectivity index (χ0v) is 6.54. The molecule has 0 aromatic rings. The SMILES string of the molecule is C=CC(C)(O)CCOC(N)=O. The Morgan fingerprint density at radius 3 is 2.82 bits per heavy atom. The predicted molar refractivity (Wildman–Crippen MR) is 41.0 cm³/mol. The number of amides is 1. The fourth-order valence-corrected chi connectivity index (χ4v) is 0.460. The van der Waals surface area contributed by atoms with E-state index in [0.717, 1.165) is 0 Å². The molecule has 0 spiro atoms. The monoisotopic (exact) mass is 159 g/mol. The molecule has 11 heavy (non-hydrogen) atoms. The quantitative estimate of drug-likeness (QED) is 0.583. The molecule has 1 amide bonds. The van der Waals surface area contributed by atoms with Gasteiger partial charge in [0, 0.05) is 6.42 Å². The Morgan fingerprint density at radius 1 is 1.91 bits per heavy atom. The van der Waals surface area contributed by atoms with Gasteiger partial charge in [-0.05, 0) is 6.92 Å². The van der Waals surface area contributed by atoms with Crippen LogP contribution in [-0.2, 0) is 4.74 Å². The summed E-state index contributed by atoms with van der Waals surface area (Å²) in [6, 6.07) is 0. The number of hydrogen-bond donors (Lipinski definition) is 2. The molecule has 0 aliphatic heterocycles. The van der Waals surface area contributed by atoms with Gasteiger partial charge >= 0.3 is 6.09 Å². The number of nitrogens with two attached hydrogens (primary N) is 1. The van der Waals surface area contributed by atoms with E-state index in [9.17, 15) is 9.90 Å². The van der Waals surface area contributed by atoms with Gasteiger partial charge in [0.2, 0.25) is 0 Å². The van der Waals surface area contributed by atoms with E-state index in [1.165, 1.54) is 6.08 Å². The summed E-state index contributed by atoms with van der Waals surface area (Å²) in [5.74, 6) is 0. The number of ether oxygens (including phenoxy) is 1. The summed E-state index contributed by atoms with van der Waals surface area (Å²) in [6.45, 7) is 5.09. The average Bonchev–Trinajstić information content (AvgIpc) is 1.87. The van der Waals surface area contributed by atoms with Crippen molar-refractivity contribution in [3.05, 3.63) is 12.7 Å². The molecule has 1 unspecified atom stereocenters. The fourth-order valence-electron chi connectivity index (χ4n) is 0.460. The van der Waals surface area contributed by atoms with Crippen LogP contribution in [0.3, 0.4) is 0 Å². The van der Waals surface area contributed by atoms with E-state index >= 15 is 0 Å². The zero-order chi connectivity index (χ0) is 8.91. The second-order valence-electron chi connectivity index (χ2n) is 2.48. The highest BCUT2D eigenvalue weighted by Gasteiger charge is 2.14. The van der Waals surface area contributed by atoms with E-state index < -0.39 is 11.7 Å². The summed E-state index contributed by atoms with van der Waals surface area (Å²) in [5, 5.41) is 9.29. The van der Waals surface area contributed by atoms with Crippen LogP contribution in [-0.4, -0.2) is 23.4 Å². The Labute approximate surface area is 65.6 Å². The van der Waals surface area contributed by atoms with Crippen LogP contribution in [0.2, 0.25) is 0 Å². The first-order valence-electron chi connectivity index (χ1n) is 3.26. The van der Waals surface area contributed by atoms with Gasteiger partial charge in [0.25, 0.3) is 0 Å². The van der Waals surface area contributed by atoms with Gasteiger partial charge in [-0.1, -0.05) is 6.08 Å². The van der Waals surface area contributed by atoms with Gasteiger partial charge in [-0.25, -0.2) is 4.79 Å². The highest BCUT2D eigenvalue weighted by molar-refractivity contribution is 5.64. The second kappa shape index (κ2) is 3.98. The number of aliphatic hydroxyl groups is 1. The van der Waals surface area contributed by atoms with Crippen molar-refractivity contribution < 1.29 is 14.6 Å². The Morgan fingerprint density at radius 2 is 2.45 bits per heavy atom. The molecule has 0 aromatic carbocycles. The molecule has 1 atom stereocenters. The highest BCUT2D eigenvalue weighted by Crippen LogP contribution is 2.09. The van der Waals surface area contributed by atoms with Gasteiger partial charge in [-0.15, -0.1) is 6.58 Å². The Kier molecular flexibility index (Phi) is 3.60. The zero-order valence-electron chi connectivity index (χ0n) is 6.54. The lowest BCUT2D eigenvalue weighted by Gasteiger charge is -2.17. The van der Waals surface area contributed by atoms with Crippen molar-refractivity contribution in [1.29, 1.82) is 0 Å². The Hall–Kier alpha value is -1.03. The third kappa shape index (κ3) is 5.42. The Bertz CT molecular complexity index is 154. The van der Waals surface area contributed by atoms with Crippen molar-refractivity contribution in [1.82, 2.24) is 0 Å². The maximum Gasteiger partial charge on any atom is 0.404 e. The van der Waals surface area contributed by atoms with Crippen LogP contribution in [0, 0.1) is 0 Å². The van der Waals surface area contributed by atoms with E-state index in [1.807, 2.05) is 0 Å². The number of primary amides is 1. The van der Waals surface area contributed by atoms with Crippen LogP contribution in [0.15, 0.2) is 12.7 Å². The smallest absolute Gasteiger partial charge is 0.404 e. The van der Waals surface area contributed by atoms with E-state index in [0.29, 0.717) is 6.42 Å². The van der Waals surface area contributed by atoms with Crippen LogP contribution < -0.4 is 5.73 Å². The highest BCUT2D eigenvalue weighted by atomic mass is 16.5. The lowest BCUT2D eigenvalue weighted by molar-refractivity contribution is 0.0703. The molecule has 64 valence electrons. The minimum absolute atomic E-state index is 0.106. The van der Waals surface area contributed by atoms with Gasteiger partial charge in [-0.2, -0.15) is 0 Å². The van der Waals surface area contributed by atoms with E-state index in [-0.39, 0.29) is 6.61 Å². The molecule has 0 heterocycles. The van der Waals surface area contributed by atoms with Gasteiger partial charge in [0.15, 0.2) is 0 Å². The Balaban J connectivity index is 3.53. The van der Waals surface area contributed by atoms with Crippen LogP contribution in [0.25, 0.3) is 0 Å². The first kappa shape index (κ1) is 9.97. The third-order valence-electron chi connectivity index (χ3n) is 1.29. The molecular weight excluding hydrogens is 146 g/mol. The van der Waals surface area contributed by atoms with Gasteiger partial charge in [-0.3, -0.25) is 0 Å². The topological polar surface area (TPSA) is 72.6 Å². The summed E-state index contributed by atoms with van der Waals surface area (Å²) >= 11 is 0. The van der Waals surface area contributed by atoms with E-state index in [4.69, 9.17) is 5.73 Å². The number of rotatable bonds is 4. The lowest BCUT2D eigenvalue weighted by Crippen LogP contribution is -2.24. The van der Waals surface area contributed by atoms with Gasteiger partial charge in [0.05, 0.1) is 12.2 Å². The first-order valence-corrected chi connectivity index (χ1v) is 3.26. The van der Waals surface area contributed by atoms with Gasteiger partial charge < -0.3 is 15.6 Å². The molecule has 0 saturated heterocycles. The molecule has 0 aromatic heterocycles. The number of hydrogen-bond acceptors (Lipinski definition) is 3. The van der Waals surface area contributed by atoms with Gasteiger partial charge in [0.1, 0.15) is 0 Å². The van der Waals surface area contributed by atoms with Crippen molar-refractivity contribution in [2.24, 2.45) is 5.73 Å². The molecule has 0 bridgehead atoms. The molecular formula is C7H13NO3. The van der Waals surface area contributed by atoms with Crippen LogP contribution in [0.5, 0.6) is 0 Å². The van der Waals surface area contributed by atoms with E-state index in [2.05, 4.69) is 11.3 Å². The maximum absolute atomic E-state index is 10.1. The van der Waals surface area contributed by atoms with Crippen LogP contribution >= 0.6 is 0 Å². The van der Waals surface area contributed by atoms with Crippen molar-refractivity contribution in [3.63, 3.8) is 0 Å². The summed E-state index contributed by atoms with van der Waals surface area (Å²) in [4.78, 5) is 10.1. The average molecular weight is 159 g/mol. The minimum atomic E-state index is -0.991. The summed E-state index contributed by atoms with van der Waals surface area (Å²) in [5.41, 5.74) is 3.70. The molecule has 0 aliphatic carbocycles. The fraction of sp³-hybridized carbons (Fsp3) is 0.571. The maximum atomic E-state index is 10.1. The van der Waals surface area contributed by atoms with Crippen molar-refractivity contribution >= 4 is 6.09 Å². The summed E-state index contributed by atoms with van der Waals surface area (Å²) in [7, 11) is 0. The molecule has 0 rings (SSSR count). The van der Waals surface area contributed by atoms with Crippen molar-refractivity contribution in [2.45, 2.75) is 18.9 Å². The predicted octanol–water partition coefficient (Wildman–Crippen LogP) is 0.409. The number of carbonyl (C=O) groups excluding carboxylic acids is 1. The van der Waals surface area contributed by atoms with Crippen LogP contribution in [0.4, 0.5) is 4.79 Å².